The molecule has 0 spiro atoms. The van der Waals surface area contributed by atoms with Gasteiger partial charge >= 0.3 is 0 Å². The first-order valence-electron chi connectivity index (χ1n) is 6.42. The SMILES string of the molecule is N#Cc1cccc(CN)c1.N#Cc1cccc(CN=[N+]=[N-])c1. The largest absolute Gasteiger partial charge is 0.326 e. The molecule has 0 amide bonds. The molecule has 0 saturated heterocycles. The lowest BCUT2D eigenvalue weighted by Gasteiger charge is -1.93. The fourth-order valence-electron chi connectivity index (χ4n) is 1.62. The molecular formula is C16H14N6. The lowest BCUT2D eigenvalue weighted by molar-refractivity contribution is 1.05. The predicted octanol–water partition coefficient (Wildman–Crippen LogP) is 3.39. The summed E-state index contributed by atoms with van der Waals surface area (Å²) in [6.45, 7) is 0.793. The average molecular weight is 290 g/mol. The van der Waals surface area contributed by atoms with E-state index < -0.39 is 0 Å². The molecule has 0 radical (unpaired) electrons. The first-order valence-corrected chi connectivity index (χ1v) is 6.42. The van der Waals surface area contributed by atoms with Crippen molar-refractivity contribution >= 4 is 0 Å². The number of hydrogen-bond donors (Lipinski definition) is 1. The highest BCUT2D eigenvalue weighted by Crippen LogP contribution is 2.05. The molecule has 108 valence electrons. The van der Waals surface area contributed by atoms with E-state index in [2.05, 4.69) is 10.0 Å². The normalized spacial score (nSPS) is 8.50. The van der Waals surface area contributed by atoms with Crippen molar-refractivity contribution in [1.82, 2.24) is 0 Å². The van der Waals surface area contributed by atoms with Gasteiger partial charge in [0.25, 0.3) is 0 Å². The Bertz CT molecular complexity index is 748. The smallest absolute Gasteiger partial charge is 0.0991 e. The molecule has 0 heterocycles. The van der Waals surface area contributed by atoms with Gasteiger partial charge in [0.15, 0.2) is 0 Å². The highest BCUT2D eigenvalue weighted by molar-refractivity contribution is 5.33. The molecule has 0 aliphatic rings. The topological polar surface area (TPSA) is 122 Å². The van der Waals surface area contributed by atoms with Crippen molar-refractivity contribution in [2.45, 2.75) is 13.1 Å². The molecule has 0 atom stereocenters. The van der Waals surface area contributed by atoms with Gasteiger partial charge in [-0.3, -0.25) is 0 Å². The monoisotopic (exact) mass is 290 g/mol. The van der Waals surface area contributed by atoms with E-state index in [1.165, 1.54) is 0 Å². The van der Waals surface area contributed by atoms with Crippen molar-refractivity contribution in [1.29, 1.82) is 10.5 Å². The standard InChI is InChI=1S/C8H6N4.C8H8N2/c9-5-7-2-1-3-8(4-7)6-11-12-10;9-5-7-2-1-3-8(4-7)6-10/h1-4H,6H2;1-4H,5,9H2. The first-order chi connectivity index (χ1) is 10.7. The molecule has 0 aliphatic heterocycles. The second-order valence-electron chi connectivity index (χ2n) is 4.22. The second kappa shape index (κ2) is 9.57. The molecular weight excluding hydrogens is 276 g/mol. The van der Waals surface area contributed by atoms with Gasteiger partial charge in [0.05, 0.1) is 29.8 Å². The zero-order chi connectivity index (χ0) is 16.2. The highest BCUT2D eigenvalue weighted by Gasteiger charge is 1.92. The van der Waals surface area contributed by atoms with Gasteiger partial charge in [0.2, 0.25) is 0 Å². The zero-order valence-corrected chi connectivity index (χ0v) is 11.8. The third-order valence-corrected chi connectivity index (χ3v) is 2.66. The molecule has 0 unspecified atom stereocenters. The number of nitrogens with two attached hydrogens (primary N) is 1. The van der Waals surface area contributed by atoms with Crippen LogP contribution in [-0.4, -0.2) is 0 Å². The molecule has 2 N–H and O–H groups in total. The van der Waals surface area contributed by atoms with E-state index in [9.17, 15) is 0 Å². The van der Waals surface area contributed by atoms with Crippen LogP contribution in [0.5, 0.6) is 0 Å². The van der Waals surface area contributed by atoms with E-state index >= 15 is 0 Å². The van der Waals surface area contributed by atoms with Gasteiger partial charge in [0, 0.05) is 11.5 Å². The maximum Gasteiger partial charge on any atom is 0.0991 e. The Morgan fingerprint density at radius 1 is 1.00 bits per heavy atom. The molecule has 2 rings (SSSR count). The summed E-state index contributed by atoms with van der Waals surface area (Å²) in [6, 6.07) is 18.3. The Hall–Kier alpha value is -3.31. The lowest BCUT2D eigenvalue weighted by Crippen LogP contribution is -1.95. The summed E-state index contributed by atoms with van der Waals surface area (Å²) in [7, 11) is 0. The van der Waals surface area contributed by atoms with E-state index in [0.29, 0.717) is 24.2 Å². The van der Waals surface area contributed by atoms with Crippen molar-refractivity contribution in [3.63, 3.8) is 0 Å². The summed E-state index contributed by atoms with van der Waals surface area (Å²) < 4.78 is 0. The zero-order valence-electron chi connectivity index (χ0n) is 11.8. The minimum absolute atomic E-state index is 0.298. The van der Waals surface area contributed by atoms with Crippen LogP contribution in [0.1, 0.15) is 22.3 Å². The first kappa shape index (κ1) is 16.7. The number of benzene rings is 2. The minimum atomic E-state index is 0.298. The number of rotatable bonds is 3. The lowest BCUT2D eigenvalue weighted by atomic mass is 10.1. The van der Waals surface area contributed by atoms with Crippen molar-refractivity contribution in [3.8, 4) is 12.1 Å². The molecule has 2 aromatic rings. The molecule has 0 aromatic heterocycles. The van der Waals surface area contributed by atoms with Crippen LogP contribution in [0.4, 0.5) is 0 Å². The molecule has 2 aromatic carbocycles. The van der Waals surface area contributed by atoms with Crippen molar-refractivity contribution < 1.29 is 0 Å². The molecule has 0 saturated carbocycles. The van der Waals surface area contributed by atoms with E-state index in [0.717, 1.165) is 11.1 Å². The number of hydrogen-bond acceptors (Lipinski definition) is 4. The van der Waals surface area contributed by atoms with Gasteiger partial charge in [-0.05, 0) is 40.9 Å². The maximum atomic E-state index is 8.53. The third-order valence-electron chi connectivity index (χ3n) is 2.66. The Kier molecular flexibility index (Phi) is 7.28. The summed E-state index contributed by atoms with van der Waals surface area (Å²) in [6.07, 6.45) is 0. The van der Waals surface area contributed by atoms with E-state index in [4.69, 9.17) is 21.8 Å². The van der Waals surface area contributed by atoms with Crippen LogP contribution in [0, 0.1) is 22.7 Å². The Morgan fingerprint density at radius 3 is 2.05 bits per heavy atom. The fourth-order valence-corrected chi connectivity index (χ4v) is 1.62. The molecule has 0 aliphatic carbocycles. The summed E-state index contributed by atoms with van der Waals surface area (Å²) in [5, 5.41) is 20.4. The number of nitriles is 2. The van der Waals surface area contributed by atoms with Crippen molar-refractivity contribution in [2.75, 3.05) is 0 Å². The molecule has 0 fully saturated rings. The van der Waals surface area contributed by atoms with Gasteiger partial charge in [-0.15, -0.1) is 0 Å². The Morgan fingerprint density at radius 2 is 1.55 bits per heavy atom. The van der Waals surface area contributed by atoms with Crippen LogP contribution in [0.25, 0.3) is 10.4 Å². The highest BCUT2D eigenvalue weighted by atomic mass is 15.1. The van der Waals surface area contributed by atoms with Crippen LogP contribution < -0.4 is 5.73 Å². The Labute approximate surface area is 128 Å². The number of azide groups is 1. The van der Waals surface area contributed by atoms with Crippen LogP contribution in [0.3, 0.4) is 0 Å². The van der Waals surface area contributed by atoms with Gasteiger partial charge in [0.1, 0.15) is 0 Å². The Balaban J connectivity index is 0.000000224. The van der Waals surface area contributed by atoms with Gasteiger partial charge in [-0.2, -0.15) is 10.5 Å². The van der Waals surface area contributed by atoms with Crippen molar-refractivity contribution in [3.05, 3.63) is 81.2 Å². The van der Waals surface area contributed by atoms with Crippen LogP contribution >= 0.6 is 0 Å². The van der Waals surface area contributed by atoms with Gasteiger partial charge in [-0.25, -0.2) is 0 Å². The summed E-state index contributed by atoms with van der Waals surface area (Å²) in [5.74, 6) is 0. The second-order valence-corrected chi connectivity index (χ2v) is 4.22. The molecule has 6 nitrogen and oxygen atoms in total. The fraction of sp³-hybridized carbons (Fsp3) is 0.125. The maximum absolute atomic E-state index is 8.53. The van der Waals surface area contributed by atoms with Crippen LogP contribution in [0.15, 0.2) is 53.6 Å². The van der Waals surface area contributed by atoms with Gasteiger partial charge < -0.3 is 5.73 Å². The van der Waals surface area contributed by atoms with E-state index in [-0.39, 0.29) is 0 Å². The minimum Gasteiger partial charge on any atom is -0.326 e. The summed E-state index contributed by atoms with van der Waals surface area (Å²) in [4.78, 5) is 2.63. The molecule has 0 bridgehead atoms. The third kappa shape index (κ3) is 5.77. The van der Waals surface area contributed by atoms with E-state index in [1.807, 2.05) is 30.3 Å². The summed E-state index contributed by atoms with van der Waals surface area (Å²) in [5.41, 5.74) is 16.5. The molecule has 22 heavy (non-hydrogen) atoms. The van der Waals surface area contributed by atoms with Crippen LogP contribution in [-0.2, 0) is 13.1 Å². The van der Waals surface area contributed by atoms with Crippen molar-refractivity contribution in [2.24, 2.45) is 10.8 Å². The quantitative estimate of drug-likeness (QED) is 0.529. The number of nitrogens with zero attached hydrogens (tertiary/aromatic N) is 5. The predicted molar refractivity (Wildman–Crippen MR) is 83.1 cm³/mol. The van der Waals surface area contributed by atoms with E-state index in [1.54, 1.807) is 30.3 Å². The summed E-state index contributed by atoms with van der Waals surface area (Å²) >= 11 is 0. The van der Waals surface area contributed by atoms with Gasteiger partial charge in [-0.1, -0.05) is 29.4 Å². The molecule has 6 heteroatoms. The van der Waals surface area contributed by atoms with Crippen LogP contribution in [0.2, 0.25) is 0 Å². The average Bonchev–Trinajstić information content (AvgIpc) is 2.60.